The molecule has 26 heavy (non-hydrogen) atoms. The van der Waals surface area contributed by atoms with Gasteiger partial charge in [0.15, 0.2) is 11.9 Å². The average Bonchev–Trinajstić information content (AvgIpc) is 2.56. The predicted octanol–water partition coefficient (Wildman–Crippen LogP) is 1.34. The Morgan fingerprint density at radius 3 is 2.88 bits per heavy atom. The van der Waals surface area contributed by atoms with Crippen LogP contribution in [0, 0.1) is 9.39 Å². The minimum Gasteiger partial charge on any atom is -0.391 e. The highest BCUT2D eigenvalue weighted by Gasteiger charge is 2.31. The fourth-order valence-electron chi connectivity index (χ4n) is 1.95. The maximum atomic E-state index is 14.1. The maximum absolute atomic E-state index is 14.1. The Balaban J connectivity index is 2.29. The lowest BCUT2D eigenvalue weighted by Crippen LogP contribution is -2.43. The zero-order valence-corrected chi connectivity index (χ0v) is 16.7. The van der Waals surface area contributed by atoms with Crippen molar-refractivity contribution in [2.75, 3.05) is 19.0 Å². The van der Waals surface area contributed by atoms with E-state index in [0.29, 0.717) is 3.57 Å². The van der Waals surface area contributed by atoms with Gasteiger partial charge in [-0.1, -0.05) is 11.6 Å². The average molecular weight is 499 g/mol. The number of hydroxylamine groups is 1. The highest BCUT2D eigenvalue weighted by atomic mass is 127. The van der Waals surface area contributed by atoms with Crippen LogP contribution in [-0.4, -0.2) is 52.8 Å². The van der Waals surface area contributed by atoms with Gasteiger partial charge in [0.1, 0.15) is 12.4 Å². The Morgan fingerprint density at radius 1 is 1.58 bits per heavy atom. The van der Waals surface area contributed by atoms with Crippen molar-refractivity contribution in [2.24, 2.45) is 5.10 Å². The van der Waals surface area contributed by atoms with Crippen molar-refractivity contribution in [3.8, 4) is 0 Å². The van der Waals surface area contributed by atoms with Crippen molar-refractivity contribution in [3.63, 3.8) is 0 Å². The summed E-state index contributed by atoms with van der Waals surface area (Å²) in [6.07, 6.45) is -2.09. The molecule has 0 radical (unpaired) electrons. The summed E-state index contributed by atoms with van der Waals surface area (Å²) in [7, 11) is 1.42. The number of halogens is 3. The second kappa shape index (κ2) is 8.95. The molecular weight excluding hydrogens is 482 g/mol. The lowest BCUT2D eigenvalue weighted by atomic mass is 10.2. The molecule has 2 atom stereocenters. The van der Waals surface area contributed by atoms with E-state index in [2.05, 4.69) is 15.9 Å². The summed E-state index contributed by atoms with van der Waals surface area (Å²) in [5, 5.41) is 26.8. The standard InChI is InChI=1S/C15H17ClFIN4O4/c1-7(23)6-26-21-14(24)13-12(11(16)15(25)22(2)20-13)19-10-4-3-8(18)5-9(10)17/h3-5,7,15,19,23,25H,6H2,1-2H3,(H,21,24)/t7-,15?/m0/s1. The normalized spacial score (nSPS) is 18.5. The number of hydrogen-bond acceptors (Lipinski definition) is 7. The Bertz CT molecular complexity index is 759. The number of rotatable bonds is 6. The van der Waals surface area contributed by atoms with E-state index in [0.717, 1.165) is 5.01 Å². The minimum atomic E-state index is -1.30. The van der Waals surface area contributed by atoms with E-state index >= 15 is 0 Å². The number of aliphatic hydroxyl groups is 2. The summed E-state index contributed by atoms with van der Waals surface area (Å²) in [4.78, 5) is 17.2. The van der Waals surface area contributed by atoms with Crippen LogP contribution in [0.15, 0.2) is 34.0 Å². The quantitative estimate of drug-likeness (QED) is 0.348. The largest absolute Gasteiger partial charge is 0.391 e. The number of anilines is 1. The molecule has 0 aliphatic carbocycles. The van der Waals surface area contributed by atoms with Crippen molar-refractivity contribution in [1.82, 2.24) is 10.5 Å². The number of nitrogens with one attached hydrogen (secondary N) is 2. The number of likely N-dealkylation sites (N-methyl/N-ethyl adjacent to an activating group) is 1. The first-order chi connectivity index (χ1) is 12.2. The molecule has 1 aliphatic heterocycles. The van der Waals surface area contributed by atoms with Crippen LogP contribution in [0.3, 0.4) is 0 Å². The lowest BCUT2D eigenvalue weighted by molar-refractivity contribution is -0.128. The number of amides is 1. The number of hydrogen-bond donors (Lipinski definition) is 4. The highest BCUT2D eigenvalue weighted by Crippen LogP contribution is 2.26. The van der Waals surface area contributed by atoms with E-state index in [1.54, 1.807) is 6.07 Å². The van der Waals surface area contributed by atoms with Gasteiger partial charge < -0.3 is 15.5 Å². The van der Waals surface area contributed by atoms with E-state index in [4.69, 9.17) is 21.5 Å². The molecule has 1 unspecified atom stereocenters. The fourth-order valence-corrected chi connectivity index (χ4v) is 2.68. The van der Waals surface area contributed by atoms with E-state index in [1.165, 1.54) is 26.1 Å². The molecule has 2 rings (SSSR count). The number of nitrogens with zero attached hydrogens (tertiary/aromatic N) is 2. The molecule has 0 saturated carbocycles. The molecule has 0 aromatic heterocycles. The lowest BCUT2D eigenvalue weighted by Gasteiger charge is -2.29. The van der Waals surface area contributed by atoms with Crippen LogP contribution < -0.4 is 10.8 Å². The first-order valence-electron chi connectivity index (χ1n) is 7.42. The topological polar surface area (TPSA) is 106 Å². The number of aliphatic hydroxyl groups excluding tert-OH is 2. The molecule has 1 aromatic carbocycles. The van der Waals surface area contributed by atoms with Gasteiger partial charge >= 0.3 is 0 Å². The van der Waals surface area contributed by atoms with Crippen LogP contribution in [0.4, 0.5) is 10.1 Å². The van der Waals surface area contributed by atoms with Crippen molar-refractivity contribution in [3.05, 3.63) is 38.3 Å². The number of hydrazone groups is 1. The van der Waals surface area contributed by atoms with E-state index in [1.807, 2.05) is 22.6 Å². The highest BCUT2D eigenvalue weighted by molar-refractivity contribution is 14.1. The maximum Gasteiger partial charge on any atom is 0.297 e. The van der Waals surface area contributed by atoms with E-state index in [-0.39, 0.29) is 28.7 Å². The molecule has 0 fully saturated rings. The smallest absolute Gasteiger partial charge is 0.297 e. The summed E-state index contributed by atoms with van der Waals surface area (Å²) in [5.74, 6) is -1.34. The third kappa shape index (κ3) is 5.04. The van der Waals surface area contributed by atoms with Crippen molar-refractivity contribution in [1.29, 1.82) is 0 Å². The summed E-state index contributed by atoms with van der Waals surface area (Å²) < 4.78 is 14.8. The Hall–Kier alpha value is -1.47. The number of benzene rings is 1. The zero-order valence-electron chi connectivity index (χ0n) is 13.8. The van der Waals surface area contributed by atoms with Gasteiger partial charge in [0.25, 0.3) is 5.91 Å². The molecule has 0 saturated heterocycles. The summed E-state index contributed by atoms with van der Waals surface area (Å²) in [6, 6.07) is 4.43. The molecule has 4 N–H and O–H groups in total. The summed E-state index contributed by atoms with van der Waals surface area (Å²) >= 11 is 8.11. The van der Waals surface area contributed by atoms with E-state index in [9.17, 15) is 14.3 Å². The number of carbonyl (C=O) groups is 1. The van der Waals surface area contributed by atoms with Gasteiger partial charge in [-0.3, -0.25) is 14.6 Å². The first-order valence-corrected chi connectivity index (χ1v) is 8.88. The third-order valence-corrected chi connectivity index (χ3v) is 4.26. The molecule has 1 aliphatic rings. The van der Waals surface area contributed by atoms with Crippen LogP contribution in [0.2, 0.25) is 0 Å². The monoisotopic (exact) mass is 498 g/mol. The molecule has 1 amide bonds. The fraction of sp³-hybridized carbons (Fsp3) is 0.333. The minimum absolute atomic E-state index is 0.0562. The molecule has 1 aromatic rings. The second-order valence-electron chi connectivity index (χ2n) is 5.46. The van der Waals surface area contributed by atoms with Crippen molar-refractivity contribution >= 4 is 51.5 Å². The van der Waals surface area contributed by atoms with Crippen LogP contribution in [0.1, 0.15) is 6.92 Å². The van der Waals surface area contributed by atoms with Crippen LogP contribution in [-0.2, 0) is 9.63 Å². The van der Waals surface area contributed by atoms with Gasteiger partial charge in [-0.2, -0.15) is 5.10 Å². The Morgan fingerprint density at radius 2 is 2.27 bits per heavy atom. The molecule has 0 spiro atoms. The molecule has 0 bridgehead atoms. The van der Waals surface area contributed by atoms with Gasteiger partial charge in [-0.15, -0.1) is 0 Å². The summed E-state index contributed by atoms with van der Waals surface area (Å²) in [5.41, 5.74) is 1.89. The SMILES string of the molecule is C[C@H](O)CONC(=O)C1=NN(C)C(O)C(Cl)=C1Nc1ccc(I)cc1F. The van der Waals surface area contributed by atoms with E-state index < -0.39 is 24.1 Å². The number of carbonyl (C=O) groups excluding carboxylic acids is 1. The van der Waals surface area contributed by atoms with Crippen LogP contribution >= 0.6 is 34.2 Å². The molecular formula is C15H17ClFIN4O4. The summed E-state index contributed by atoms with van der Waals surface area (Å²) in [6.45, 7) is 1.35. The zero-order chi connectivity index (χ0) is 19.4. The Labute approximate surface area is 167 Å². The molecule has 1 heterocycles. The van der Waals surface area contributed by atoms with Crippen LogP contribution in [0.5, 0.6) is 0 Å². The first kappa shape index (κ1) is 20.8. The van der Waals surface area contributed by atoms with Gasteiger partial charge in [-0.25, -0.2) is 9.87 Å². The van der Waals surface area contributed by atoms with Gasteiger partial charge in [-0.05, 0) is 47.7 Å². The third-order valence-electron chi connectivity index (χ3n) is 3.21. The molecule has 8 nitrogen and oxygen atoms in total. The Kier molecular flexibility index (Phi) is 7.17. The van der Waals surface area contributed by atoms with Gasteiger partial charge in [0.2, 0.25) is 0 Å². The van der Waals surface area contributed by atoms with Crippen LogP contribution in [0.25, 0.3) is 0 Å². The van der Waals surface area contributed by atoms with Gasteiger partial charge in [0.05, 0.1) is 22.5 Å². The molecule has 142 valence electrons. The molecule has 11 heteroatoms. The van der Waals surface area contributed by atoms with Gasteiger partial charge in [0, 0.05) is 10.6 Å². The van der Waals surface area contributed by atoms with Crippen molar-refractivity contribution in [2.45, 2.75) is 19.3 Å². The predicted molar refractivity (Wildman–Crippen MR) is 103 cm³/mol. The van der Waals surface area contributed by atoms with Crippen molar-refractivity contribution < 1.29 is 24.2 Å². The second-order valence-corrected chi connectivity index (χ2v) is 7.11.